The summed E-state index contributed by atoms with van der Waals surface area (Å²) >= 11 is 1.93. The largest absolute Gasteiger partial charge is 0.496 e. The summed E-state index contributed by atoms with van der Waals surface area (Å²) in [4.78, 5) is 3.74. The van der Waals surface area contributed by atoms with E-state index in [0.717, 1.165) is 6.20 Å². The van der Waals surface area contributed by atoms with Crippen molar-refractivity contribution in [2.24, 2.45) is 0 Å². The van der Waals surface area contributed by atoms with E-state index in [0.29, 0.717) is 3.70 Å². The molecule has 0 atom stereocenters. The summed E-state index contributed by atoms with van der Waals surface area (Å²) in [5.41, 5.74) is -0.169. The smallest absolute Gasteiger partial charge is 0.268 e. The second kappa shape index (κ2) is 3.97. The summed E-state index contributed by atoms with van der Waals surface area (Å²) in [5.74, 6) is 0.185. The Hall–Kier alpha value is -0.460. The van der Waals surface area contributed by atoms with E-state index in [-0.39, 0.29) is 11.3 Å². The molecule has 0 aliphatic heterocycles. The molecule has 0 saturated carbocycles. The molecule has 12 heavy (non-hydrogen) atoms. The van der Waals surface area contributed by atoms with Gasteiger partial charge in [-0.3, -0.25) is 0 Å². The number of hydrogen-bond donors (Lipinski definition) is 0. The van der Waals surface area contributed by atoms with Gasteiger partial charge in [-0.05, 0) is 22.6 Å². The molecular formula is C7H6F2INO. The molecular weight excluding hydrogens is 279 g/mol. The third-order valence-corrected chi connectivity index (χ3v) is 1.91. The second-order valence-electron chi connectivity index (χ2n) is 2.05. The highest BCUT2D eigenvalue weighted by molar-refractivity contribution is 14.1. The Kier molecular flexibility index (Phi) is 3.19. The number of rotatable bonds is 2. The maximum Gasteiger partial charge on any atom is 0.268 e. The van der Waals surface area contributed by atoms with Crippen LogP contribution in [0.1, 0.15) is 12.0 Å². The maximum absolute atomic E-state index is 12.2. The standard InChI is InChI=1S/C7H6F2INO/c1-12-5-2-6(10)11-3-4(5)7(8)9/h2-3,7H,1H3. The van der Waals surface area contributed by atoms with Crippen LogP contribution in [0.15, 0.2) is 12.3 Å². The molecule has 0 spiro atoms. The second-order valence-corrected chi connectivity index (χ2v) is 3.15. The number of pyridine rings is 1. The molecule has 0 saturated heterocycles. The normalized spacial score (nSPS) is 10.4. The van der Waals surface area contributed by atoms with Gasteiger partial charge in [0.15, 0.2) is 0 Å². The molecule has 0 radical (unpaired) electrons. The van der Waals surface area contributed by atoms with Gasteiger partial charge in [-0.2, -0.15) is 0 Å². The van der Waals surface area contributed by atoms with Gasteiger partial charge in [0.05, 0.1) is 12.7 Å². The van der Waals surface area contributed by atoms with E-state index >= 15 is 0 Å². The number of alkyl halides is 2. The van der Waals surface area contributed by atoms with Crippen LogP contribution >= 0.6 is 22.6 Å². The topological polar surface area (TPSA) is 22.1 Å². The minimum Gasteiger partial charge on any atom is -0.496 e. The fraction of sp³-hybridized carbons (Fsp3) is 0.286. The first kappa shape index (κ1) is 9.63. The van der Waals surface area contributed by atoms with Gasteiger partial charge in [-0.15, -0.1) is 0 Å². The number of aromatic nitrogens is 1. The Labute approximate surface area is 82.1 Å². The van der Waals surface area contributed by atoms with Crippen LogP contribution in [0.2, 0.25) is 0 Å². The molecule has 0 amide bonds. The molecule has 0 N–H and O–H groups in total. The van der Waals surface area contributed by atoms with Crippen molar-refractivity contribution in [3.05, 3.63) is 21.5 Å². The monoisotopic (exact) mass is 285 g/mol. The molecule has 0 aliphatic carbocycles. The van der Waals surface area contributed by atoms with Crippen molar-refractivity contribution in [1.29, 1.82) is 0 Å². The summed E-state index contributed by atoms with van der Waals surface area (Å²) in [6, 6.07) is 1.47. The van der Waals surface area contributed by atoms with E-state index in [2.05, 4.69) is 4.98 Å². The van der Waals surface area contributed by atoms with Gasteiger partial charge in [0.2, 0.25) is 0 Å². The minimum atomic E-state index is -2.54. The summed E-state index contributed by atoms with van der Waals surface area (Å²) in [6.45, 7) is 0. The van der Waals surface area contributed by atoms with E-state index in [4.69, 9.17) is 4.74 Å². The molecule has 5 heteroatoms. The van der Waals surface area contributed by atoms with Crippen LogP contribution in [0.5, 0.6) is 5.75 Å². The van der Waals surface area contributed by atoms with Crippen LogP contribution in [0.3, 0.4) is 0 Å². The van der Waals surface area contributed by atoms with Crippen molar-refractivity contribution in [2.75, 3.05) is 7.11 Å². The molecule has 1 aromatic rings. The average molecular weight is 285 g/mol. The quantitative estimate of drug-likeness (QED) is 0.615. The minimum absolute atomic E-state index is 0.169. The maximum atomic E-state index is 12.2. The summed E-state index contributed by atoms with van der Waals surface area (Å²) in [6.07, 6.45) is -1.41. The lowest BCUT2D eigenvalue weighted by atomic mass is 10.3. The molecule has 0 fully saturated rings. The van der Waals surface area contributed by atoms with Gasteiger partial charge in [0.25, 0.3) is 6.43 Å². The summed E-state index contributed by atoms with van der Waals surface area (Å²) in [7, 11) is 1.36. The van der Waals surface area contributed by atoms with Crippen molar-refractivity contribution in [1.82, 2.24) is 4.98 Å². The molecule has 1 rings (SSSR count). The molecule has 0 aliphatic rings. The van der Waals surface area contributed by atoms with Crippen LogP contribution in [0.4, 0.5) is 8.78 Å². The Morgan fingerprint density at radius 2 is 2.25 bits per heavy atom. The molecule has 0 unspecified atom stereocenters. The zero-order valence-corrected chi connectivity index (χ0v) is 8.38. The Bertz CT molecular complexity index is 280. The van der Waals surface area contributed by atoms with E-state index < -0.39 is 6.43 Å². The molecule has 66 valence electrons. The number of methoxy groups -OCH3 is 1. The molecule has 1 aromatic heterocycles. The summed E-state index contributed by atoms with van der Waals surface area (Å²) < 4.78 is 29.8. The van der Waals surface area contributed by atoms with E-state index in [9.17, 15) is 8.78 Å². The number of nitrogens with zero attached hydrogens (tertiary/aromatic N) is 1. The predicted molar refractivity (Wildman–Crippen MR) is 48.5 cm³/mol. The highest BCUT2D eigenvalue weighted by atomic mass is 127. The Morgan fingerprint density at radius 3 is 2.75 bits per heavy atom. The molecule has 0 bridgehead atoms. The van der Waals surface area contributed by atoms with Crippen molar-refractivity contribution in [2.45, 2.75) is 6.43 Å². The fourth-order valence-electron chi connectivity index (χ4n) is 0.764. The van der Waals surface area contributed by atoms with Gasteiger partial charge < -0.3 is 4.74 Å². The predicted octanol–water partition coefficient (Wildman–Crippen LogP) is 2.63. The van der Waals surface area contributed by atoms with Crippen molar-refractivity contribution < 1.29 is 13.5 Å². The van der Waals surface area contributed by atoms with Crippen LogP contribution in [-0.4, -0.2) is 12.1 Å². The summed E-state index contributed by atoms with van der Waals surface area (Å²) in [5, 5.41) is 0. The van der Waals surface area contributed by atoms with Gasteiger partial charge in [0.1, 0.15) is 9.45 Å². The Balaban J connectivity index is 3.11. The first-order valence-corrected chi connectivity index (χ1v) is 4.20. The van der Waals surface area contributed by atoms with Gasteiger partial charge >= 0.3 is 0 Å². The lowest BCUT2D eigenvalue weighted by Gasteiger charge is -2.06. The molecule has 1 heterocycles. The van der Waals surface area contributed by atoms with Crippen molar-refractivity contribution in [3.8, 4) is 5.75 Å². The van der Waals surface area contributed by atoms with Crippen molar-refractivity contribution >= 4 is 22.6 Å². The zero-order chi connectivity index (χ0) is 9.14. The number of ether oxygens (including phenoxy) is 1. The molecule has 2 nitrogen and oxygen atoms in total. The lowest BCUT2D eigenvalue weighted by Crippen LogP contribution is -1.94. The third-order valence-electron chi connectivity index (χ3n) is 1.32. The average Bonchev–Trinajstić information content (AvgIpc) is 2.03. The SMILES string of the molecule is COc1cc(I)ncc1C(F)F. The van der Waals surface area contributed by atoms with Crippen molar-refractivity contribution in [3.63, 3.8) is 0 Å². The first-order chi connectivity index (χ1) is 5.65. The highest BCUT2D eigenvalue weighted by Crippen LogP contribution is 2.28. The number of halogens is 3. The first-order valence-electron chi connectivity index (χ1n) is 3.12. The van der Waals surface area contributed by atoms with E-state index in [1.165, 1.54) is 13.2 Å². The third kappa shape index (κ3) is 2.02. The zero-order valence-electron chi connectivity index (χ0n) is 6.22. The van der Waals surface area contributed by atoms with Crippen LogP contribution in [0.25, 0.3) is 0 Å². The number of hydrogen-bond acceptors (Lipinski definition) is 2. The van der Waals surface area contributed by atoms with Crippen LogP contribution in [0, 0.1) is 3.70 Å². The van der Waals surface area contributed by atoms with E-state index in [1.54, 1.807) is 0 Å². The van der Waals surface area contributed by atoms with Crippen LogP contribution < -0.4 is 4.74 Å². The highest BCUT2D eigenvalue weighted by Gasteiger charge is 2.14. The lowest BCUT2D eigenvalue weighted by molar-refractivity contribution is 0.146. The van der Waals surface area contributed by atoms with Gasteiger partial charge in [-0.1, -0.05) is 0 Å². The molecule has 0 aromatic carbocycles. The fourth-order valence-corrected chi connectivity index (χ4v) is 1.19. The van der Waals surface area contributed by atoms with Gasteiger partial charge in [-0.25, -0.2) is 13.8 Å². The Morgan fingerprint density at radius 1 is 1.58 bits per heavy atom. The van der Waals surface area contributed by atoms with Crippen LogP contribution in [-0.2, 0) is 0 Å². The van der Waals surface area contributed by atoms with Gasteiger partial charge in [0, 0.05) is 12.3 Å². The van der Waals surface area contributed by atoms with E-state index in [1.807, 2.05) is 22.6 Å².